The molecular weight excluding hydrogens is 718 g/mol. The van der Waals surface area contributed by atoms with E-state index >= 15 is 0 Å². The smallest absolute Gasteiger partial charge is 0.431 e. The largest absolute Gasteiger partial charge is 0.457 e. The highest BCUT2D eigenvalue weighted by Crippen LogP contribution is 2.46. The van der Waals surface area contributed by atoms with Crippen LogP contribution in [0.25, 0.3) is 10.9 Å². The average Bonchev–Trinajstić information content (AvgIpc) is 3.70. The Kier molecular flexibility index (Phi) is 12.3. The van der Waals surface area contributed by atoms with Gasteiger partial charge < -0.3 is 38.3 Å². The summed E-state index contributed by atoms with van der Waals surface area (Å²) in [7, 11) is 5.39. The molecule has 1 N–H and O–H groups in total. The molecule has 0 radical (unpaired) electrons. The van der Waals surface area contributed by atoms with E-state index in [-0.39, 0.29) is 24.0 Å². The Hall–Kier alpha value is -3.56. The predicted octanol–water partition coefficient (Wildman–Crippen LogP) is 5.25. The number of hydrogen-bond donors (Lipinski definition) is 1. The molecule has 3 fully saturated rings. The maximum Gasteiger partial charge on any atom is 0.431 e. The van der Waals surface area contributed by atoms with Gasteiger partial charge in [0.05, 0.1) is 24.4 Å². The highest BCUT2D eigenvalue weighted by molar-refractivity contribution is 6.00. The summed E-state index contributed by atoms with van der Waals surface area (Å²) >= 11 is 0. The van der Waals surface area contributed by atoms with Crippen LogP contribution in [0.5, 0.6) is 0 Å². The number of nitrogens with zero attached hydrogens (tertiary/aromatic N) is 5. The number of Topliss-reactive ketones (excluding diaryl/α,β-unsaturated/α-hetero) is 1. The number of aromatic nitrogens is 1. The molecule has 2 aromatic rings. The lowest BCUT2D eigenvalue weighted by atomic mass is 9.73. The van der Waals surface area contributed by atoms with Gasteiger partial charge >= 0.3 is 12.1 Å². The number of cyclic esters (lactones) is 1. The molecule has 6 rings (SSSR count). The Morgan fingerprint density at radius 3 is 2.41 bits per heavy atom. The number of fused-ring (bicyclic) bond motifs is 2. The number of carbonyl (C=O) groups excluding carboxylic acids is 3. The summed E-state index contributed by atoms with van der Waals surface area (Å²) in [5.41, 5.74) is -0.422. The van der Waals surface area contributed by atoms with Gasteiger partial charge in [-0.1, -0.05) is 45.9 Å². The average molecular weight is 782 g/mol. The predicted molar refractivity (Wildman–Crippen MR) is 210 cm³/mol. The van der Waals surface area contributed by atoms with Crippen LogP contribution in [0.1, 0.15) is 81.1 Å². The van der Waals surface area contributed by atoms with Gasteiger partial charge in [0.25, 0.3) is 0 Å². The van der Waals surface area contributed by atoms with E-state index in [0.717, 1.165) is 16.6 Å². The van der Waals surface area contributed by atoms with E-state index in [2.05, 4.69) is 35.9 Å². The monoisotopic (exact) mass is 781 g/mol. The number of aliphatic hydroxyl groups is 1. The van der Waals surface area contributed by atoms with Crippen molar-refractivity contribution in [3.8, 4) is 0 Å². The first-order valence-corrected chi connectivity index (χ1v) is 20.3. The van der Waals surface area contributed by atoms with Crippen molar-refractivity contribution in [1.29, 1.82) is 0 Å². The maximum absolute atomic E-state index is 14.3. The van der Waals surface area contributed by atoms with Crippen LogP contribution < -0.4 is 0 Å². The Morgan fingerprint density at radius 2 is 1.73 bits per heavy atom. The number of methoxy groups -OCH3 is 1. The molecule has 14 nitrogen and oxygen atoms in total. The minimum absolute atomic E-state index is 0.221. The number of carbonyl (C=O) groups is 3. The van der Waals surface area contributed by atoms with Crippen LogP contribution in [0.3, 0.4) is 0 Å². The third-order valence-electron chi connectivity index (χ3n) is 13.0. The van der Waals surface area contributed by atoms with Crippen LogP contribution >= 0.6 is 0 Å². The normalized spacial score (nSPS) is 38.4. The number of esters is 1. The molecule has 4 aliphatic rings. The van der Waals surface area contributed by atoms with Crippen molar-refractivity contribution in [2.45, 2.75) is 142 Å². The van der Waals surface area contributed by atoms with Crippen LogP contribution in [-0.2, 0) is 39.8 Å². The van der Waals surface area contributed by atoms with Gasteiger partial charge in [-0.15, -0.1) is 0 Å². The van der Waals surface area contributed by atoms with Crippen molar-refractivity contribution in [3.63, 3.8) is 0 Å². The van der Waals surface area contributed by atoms with E-state index in [0.29, 0.717) is 38.8 Å². The lowest BCUT2D eigenvalue weighted by Gasteiger charge is -2.49. The molecule has 1 unspecified atom stereocenters. The van der Waals surface area contributed by atoms with Crippen LogP contribution in [-0.4, -0.2) is 130 Å². The number of aliphatic hydroxyl groups excluding tert-OH is 1. The first-order valence-electron chi connectivity index (χ1n) is 20.3. The van der Waals surface area contributed by atoms with Crippen molar-refractivity contribution in [2.75, 3.05) is 27.7 Å². The molecule has 0 aliphatic carbocycles. The van der Waals surface area contributed by atoms with E-state index in [1.54, 1.807) is 31.1 Å². The number of rotatable bonds is 9. The van der Waals surface area contributed by atoms with Crippen molar-refractivity contribution in [2.24, 2.45) is 28.8 Å². The number of ketones is 1. The summed E-state index contributed by atoms with van der Waals surface area (Å²) in [5, 5.41) is 21.2. The Balaban J connectivity index is 1.40. The molecule has 2 bridgehead atoms. The molecule has 5 heterocycles. The van der Waals surface area contributed by atoms with E-state index in [1.165, 1.54) is 0 Å². The summed E-state index contributed by atoms with van der Waals surface area (Å²) in [6, 6.07) is 9.51. The van der Waals surface area contributed by atoms with Gasteiger partial charge in [-0.3, -0.25) is 9.59 Å². The molecule has 1 aromatic heterocycles. The van der Waals surface area contributed by atoms with Crippen molar-refractivity contribution in [3.05, 3.63) is 36.5 Å². The fourth-order valence-electron chi connectivity index (χ4n) is 9.84. The van der Waals surface area contributed by atoms with Crippen LogP contribution in [0, 0.1) is 23.7 Å². The zero-order valence-corrected chi connectivity index (χ0v) is 35.0. The van der Waals surface area contributed by atoms with E-state index in [9.17, 15) is 19.5 Å². The second-order valence-corrected chi connectivity index (χ2v) is 17.2. The first-order chi connectivity index (χ1) is 26.4. The van der Waals surface area contributed by atoms with Crippen LogP contribution in [0.4, 0.5) is 4.79 Å². The fraction of sp³-hybridized carbons (Fsp3) is 0.714. The summed E-state index contributed by atoms with van der Waals surface area (Å²) in [6.45, 7) is 16.1. The number of hydrogen-bond acceptors (Lipinski definition) is 12. The van der Waals surface area contributed by atoms with Gasteiger partial charge in [0.2, 0.25) is 0 Å². The van der Waals surface area contributed by atoms with E-state index in [1.807, 2.05) is 65.7 Å². The third-order valence-corrected chi connectivity index (χ3v) is 13.0. The number of likely N-dealkylation sites (N-methyl/N-ethyl adjacent to an activating group) is 1. The fourth-order valence-corrected chi connectivity index (χ4v) is 9.84. The molecule has 14 heteroatoms. The zero-order chi connectivity index (χ0) is 40.9. The van der Waals surface area contributed by atoms with Crippen molar-refractivity contribution in [1.82, 2.24) is 19.6 Å². The van der Waals surface area contributed by atoms with Gasteiger partial charge in [-0.25, -0.2) is 4.79 Å². The minimum atomic E-state index is -1.25. The van der Waals surface area contributed by atoms with E-state index < -0.39 is 71.5 Å². The van der Waals surface area contributed by atoms with Gasteiger partial charge in [-0.05, 0) is 90.9 Å². The summed E-state index contributed by atoms with van der Waals surface area (Å²) in [6.07, 6.45) is -0.574. The molecule has 1 amide bonds. The standard InChI is InChI=1S/C42H63N5O9/c1-12-32-42(8)36-26(4)33(43-46(47(36)40(51)56-42)20-15-19-45-21-18-29-16-13-14-17-30(29)45)24(2)23-41(7,52-11)37(27(5)34(48)28(6)38(50)54-32)55-39-35(49)31(44(9)10)22-25(3)53-39/h13-14,16-18,21,24-28,31-32,35-37,39,49H,12,15,19-20,22-23H2,1-11H3/t24-,25+,26+,27+,28-,31-,32-,35+,36-,37-,39-,41?,42-/m1/s1. The highest BCUT2D eigenvalue weighted by atomic mass is 16.7. The van der Waals surface area contributed by atoms with Gasteiger partial charge in [0.15, 0.2) is 17.7 Å². The number of benzene rings is 1. The molecule has 3 saturated heterocycles. The summed E-state index contributed by atoms with van der Waals surface area (Å²) < 4.78 is 33.9. The zero-order valence-electron chi connectivity index (χ0n) is 35.0. The Morgan fingerprint density at radius 1 is 1.02 bits per heavy atom. The Bertz CT molecular complexity index is 1780. The lowest BCUT2D eigenvalue weighted by Crippen LogP contribution is -2.63. The lowest BCUT2D eigenvalue weighted by molar-refractivity contribution is -0.295. The Labute approximate surface area is 331 Å². The number of aryl methyl sites for hydroxylation is 1. The molecule has 0 spiro atoms. The SMILES string of the molecule is CC[C@H]1OC(=O)[C@H](C)C(=O)[C@H](C)[C@@H](O[C@H]2O[C@@H](C)C[C@@H](N(C)C)[C@@H]2O)C(C)(OC)C[C@@H](C)C2=NN(CCCn3ccc4ccccc43)N3C(=O)O[C@@]1(C)[C@H]3[C@H]2C. The number of ether oxygens (including phenoxy) is 5. The molecule has 310 valence electrons. The van der Waals surface area contributed by atoms with Crippen LogP contribution in [0.15, 0.2) is 41.6 Å². The molecule has 0 saturated carbocycles. The van der Waals surface area contributed by atoms with E-state index in [4.69, 9.17) is 28.8 Å². The number of amides is 1. The van der Waals surface area contributed by atoms with Crippen molar-refractivity contribution >= 4 is 34.5 Å². The maximum atomic E-state index is 14.3. The summed E-state index contributed by atoms with van der Waals surface area (Å²) in [5.74, 6) is -3.71. The number of para-hydroxylation sites is 1. The molecule has 56 heavy (non-hydrogen) atoms. The highest BCUT2D eigenvalue weighted by Gasteiger charge is 2.63. The number of hydrazone groups is 1. The molecular formula is C42H63N5O9. The first kappa shape index (κ1) is 42.1. The molecule has 1 aromatic carbocycles. The summed E-state index contributed by atoms with van der Waals surface area (Å²) in [4.78, 5) is 44.3. The molecule has 4 aliphatic heterocycles. The topological polar surface area (TPSA) is 145 Å². The van der Waals surface area contributed by atoms with Gasteiger partial charge in [-0.2, -0.15) is 15.2 Å². The quantitative estimate of drug-likeness (QED) is 0.263. The molecule has 13 atom stereocenters. The van der Waals surface area contributed by atoms with Crippen molar-refractivity contribution < 1.29 is 43.2 Å². The van der Waals surface area contributed by atoms with Gasteiger partial charge in [0, 0.05) is 49.0 Å². The van der Waals surface area contributed by atoms with Gasteiger partial charge in [0.1, 0.15) is 24.2 Å². The van der Waals surface area contributed by atoms with Crippen LogP contribution in [0.2, 0.25) is 0 Å². The second kappa shape index (κ2) is 16.4. The number of hydrazine groups is 1. The minimum Gasteiger partial charge on any atom is -0.457 e. The third kappa shape index (κ3) is 7.59. The second-order valence-electron chi connectivity index (χ2n) is 17.2.